The molecule has 5 aliphatic rings. The summed E-state index contributed by atoms with van der Waals surface area (Å²) in [5.41, 5.74) is 0.712. The summed E-state index contributed by atoms with van der Waals surface area (Å²) in [6.07, 6.45) is 8.50. The molecule has 3 atom stereocenters. The van der Waals surface area contributed by atoms with Crippen LogP contribution in [0.3, 0.4) is 0 Å². The molecule has 0 radical (unpaired) electrons. The van der Waals surface area contributed by atoms with Gasteiger partial charge in [0.05, 0.1) is 19.3 Å². The monoisotopic (exact) mass is 546 g/mol. The molecule has 222 valence electrons. The van der Waals surface area contributed by atoms with Crippen LogP contribution < -0.4 is 5.32 Å². The Morgan fingerprint density at radius 1 is 0.974 bits per heavy atom. The highest BCUT2D eigenvalue weighted by molar-refractivity contribution is 5.90. The van der Waals surface area contributed by atoms with Crippen LogP contribution in [0, 0.1) is 23.2 Å². The van der Waals surface area contributed by atoms with E-state index in [1.165, 1.54) is 38.8 Å². The van der Waals surface area contributed by atoms with Crippen molar-refractivity contribution in [1.29, 1.82) is 0 Å². The summed E-state index contributed by atoms with van der Waals surface area (Å²) >= 11 is 0. The maximum Gasteiger partial charge on any atom is 0.245 e. The van der Waals surface area contributed by atoms with Gasteiger partial charge in [0.2, 0.25) is 11.8 Å². The molecule has 0 aromatic carbocycles. The van der Waals surface area contributed by atoms with E-state index in [2.05, 4.69) is 44.8 Å². The van der Waals surface area contributed by atoms with Gasteiger partial charge in [-0.1, -0.05) is 27.7 Å². The standard InChI is InChI=1S/C31H54N4O4/c1-22(2)16-26-28(36)35(15-11-32-26)27(17-23(3)4)29(37)34-14-10-31(18-24(34)5)38-20-25(21-39-31)19-33-12-8-30(6-7-30)9-13-33/h22-27,32H,6-21H2,1-5H3/t24-,25-,26-,27-,31+/m0/s1. The first-order chi connectivity index (χ1) is 18.6. The predicted octanol–water partition coefficient (Wildman–Crippen LogP) is 3.49. The van der Waals surface area contributed by atoms with E-state index in [4.69, 9.17) is 9.47 Å². The van der Waals surface area contributed by atoms with Crippen LogP contribution in [0.15, 0.2) is 0 Å². The topological polar surface area (TPSA) is 74.3 Å². The third kappa shape index (κ3) is 6.82. The molecule has 4 aliphatic heterocycles. The van der Waals surface area contributed by atoms with Crippen molar-refractivity contribution in [3.8, 4) is 0 Å². The van der Waals surface area contributed by atoms with E-state index in [1.54, 1.807) is 0 Å². The maximum absolute atomic E-state index is 14.0. The van der Waals surface area contributed by atoms with Gasteiger partial charge in [0.25, 0.3) is 0 Å². The lowest BCUT2D eigenvalue weighted by Gasteiger charge is -2.50. The van der Waals surface area contributed by atoms with Crippen LogP contribution in [-0.2, 0) is 19.1 Å². The van der Waals surface area contributed by atoms with Gasteiger partial charge in [0, 0.05) is 51.0 Å². The number of amides is 2. The molecule has 8 heteroatoms. The largest absolute Gasteiger partial charge is 0.349 e. The Bertz CT molecular complexity index is 857. The lowest BCUT2D eigenvalue weighted by atomic mass is 9.91. The molecule has 0 unspecified atom stereocenters. The van der Waals surface area contributed by atoms with Crippen molar-refractivity contribution in [2.24, 2.45) is 23.2 Å². The molecule has 4 saturated heterocycles. The third-order valence-electron chi connectivity index (χ3n) is 10.1. The smallest absolute Gasteiger partial charge is 0.245 e. The molecule has 4 heterocycles. The van der Waals surface area contributed by atoms with Crippen molar-refractivity contribution in [1.82, 2.24) is 20.0 Å². The highest BCUT2D eigenvalue weighted by Gasteiger charge is 2.48. The Kier molecular flexibility index (Phi) is 8.97. The number of piperazine rings is 1. The van der Waals surface area contributed by atoms with E-state index >= 15 is 0 Å². The molecule has 2 amide bonds. The van der Waals surface area contributed by atoms with Crippen molar-refractivity contribution < 1.29 is 19.1 Å². The number of nitrogens with zero attached hydrogens (tertiary/aromatic N) is 3. The van der Waals surface area contributed by atoms with Crippen LogP contribution in [0.5, 0.6) is 0 Å². The average Bonchev–Trinajstić information content (AvgIpc) is 3.65. The molecule has 8 nitrogen and oxygen atoms in total. The molecular formula is C31H54N4O4. The molecular weight excluding hydrogens is 492 g/mol. The van der Waals surface area contributed by atoms with E-state index in [-0.39, 0.29) is 23.9 Å². The van der Waals surface area contributed by atoms with Crippen LogP contribution >= 0.6 is 0 Å². The Morgan fingerprint density at radius 2 is 1.67 bits per heavy atom. The number of hydrogen-bond donors (Lipinski definition) is 1. The molecule has 0 aromatic heterocycles. The fourth-order valence-corrected chi connectivity index (χ4v) is 7.47. The molecule has 5 fully saturated rings. The molecule has 1 N–H and O–H groups in total. The van der Waals surface area contributed by atoms with Gasteiger partial charge >= 0.3 is 0 Å². The second-order valence-electron chi connectivity index (χ2n) is 14.3. The Hall–Kier alpha value is -1.22. The van der Waals surface area contributed by atoms with Gasteiger partial charge in [-0.15, -0.1) is 0 Å². The fourth-order valence-electron chi connectivity index (χ4n) is 7.47. The minimum atomic E-state index is -0.576. The highest BCUT2D eigenvalue weighted by atomic mass is 16.7. The summed E-state index contributed by atoms with van der Waals surface area (Å²) in [7, 11) is 0. The molecule has 0 aromatic rings. The second kappa shape index (κ2) is 11.9. The lowest BCUT2D eigenvalue weighted by molar-refractivity contribution is -0.303. The summed E-state index contributed by atoms with van der Waals surface area (Å²) in [5.74, 6) is 0.777. The number of hydrogen-bond acceptors (Lipinski definition) is 6. The fraction of sp³-hybridized carbons (Fsp3) is 0.935. The lowest BCUT2D eigenvalue weighted by Crippen LogP contribution is -2.64. The van der Waals surface area contributed by atoms with Gasteiger partial charge in [-0.05, 0) is 75.8 Å². The normalized spacial score (nSPS) is 34.3. The Balaban J connectivity index is 1.15. The average molecular weight is 547 g/mol. The van der Waals surface area contributed by atoms with Gasteiger partial charge in [0.15, 0.2) is 5.79 Å². The number of likely N-dealkylation sites (tertiary alicyclic amines) is 2. The molecule has 2 spiro atoms. The van der Waals surface area contributed by atoms with Crippen molar-refractivity contribution in [3.63, 3.8) is 0 Å². The Labute approximate surface area is 236 Å². The van der Waals surface area contributed by atoms with E-state index in [0.717, 1.165) is 32.7 Å². The summed E-state index contributed by atoms with van der Waals surface area (Å²) in [4.78, 5) is 34.0. The first-order valence-corrected chi connectivity index (χ1v) is 15.9. The summed E-state index contributed by atoms with van der Waals surface area (Å²) in [6, 6.07) is -0.582. The summed E-state index contributed by atoms with van der Waals surface area (Å²) in [6.45, 7) is 17.6. The summed E-state index contributed by atoms with van der Waals surface area (Å²) in [5, 5.41) is 3.39. The number of carbonyl (C=O) groups is 2. The van der Waals surface area contributed by atoms with Crippen LogP contribution in [0.1, 0.15) is 86.0 Å². The first-order valence-electron chi connectivity index (χ1n) is 15.9. The van der Waals surface area contributed by atoms with E-state index < -0.39 is 11.8 Å². The predicted molar refractivity (Wildman–Crippen MR) is 152 cm³/mol. The molecule has 39 heavy (non-hydrogen) atoms. The van der Waals surface area contributed by atoms with Crippen molar-refractivity contribution in [3.05, 3.63) is 0 Å². The molecule has 5 rings (SSSR count). The number of carbonyl (C=O) groups excluding carboxylic acids is 2. The number of piperidine rings is 2. The highest BCUT2D eigenvalue weighted by Crippen LogP contribution is 2.53. The van der Waals surface area contributed by atoms with Gasteiger partial charge in [-0.25, -0.2) is 0 Å². The van der Waals surface area contributed by atoms with Gasteiger partial charge in [-0.2, -0.15) is 0 Å². The van der Waals surface area contributed by atoms with E-state index in [9.17, 15) is 9.59 Å². The zero-order valence-electron chi connectivity index (χ0n) is 25.3. The van der Waals surface area contributed by atoms with Crippen molar-refractivity contribution in [2.45, 2.75) is 110 Å². The zero-order valence-corrected chi connectivity index (χ0v) is 25.3. The molecule has 1 saturated carbocycles. The zero-order chi connectivity index (χ0) is 27.8. The van der Waals surface area contributed by atoms with E-state index in [0.29, 0.717) is 55.5 Å². The van der Waals surface area contributed by atoms with Crippen LogP contribution in [-0.4, -0.2) is 103 Å². The quantitative estimate of drug-likeness (QED) is 0.503. The van der Waals surface area contributed by atoms with Crippen LogP contribution in [0.25, 0.3) is 0 Å². The molecule has 1 aliphatic carbocycles. The van der Waals surface area contributed by atoms with E-state index in [1.807, 2.05) is 9.80 Å². The minimum absolute atomic E-state index is 0.0127. The van der Waals surface area contributed by atoms with Crippen molar-refractivity contribution >= 4 is 11.8 Å². The van der Waals surface area contributed by atoms with Gasteiger partial charge in [0.1, 0.15) is 6.04 Å². The number of rotatable bonds is 8. The Morgan fingerprint density at radius 3 is 2.26 bits per heavy atom. The molecule has 0 bridgehead atoms. The van der Waals surface area contributed by atoms with Crippen molar-refractivity contribution in [2.75, 3.05) is 52.5 Å². The van der Waals surface area contributed by atoms with Crippen LogP contribution in [0.4, 0.5) is 0 Å². The number of nitrogens with one attached hydrogen (secondary N) is 1. The first kappa shape index (κ1) is 29.3. The SMILES string of the molecule is CC(C)C[C@@H]1NCCN([C@@H](CC(C)C)C(=O)N2CC[C@]3(C[C@@H]2C)OC[C@@H](CN2CCC4(CC2)CC4)CO3)C1=O. The number of ether oxygens (including phenoxy) is 2. The minimum Gasteiger partial charge on any atom is -0.349 e. The third-order valence-corrected chi connectivity index (χ3v) is 10.1. The summed E-state index contributed by atoms with van der Waals surface area (Å²) < 4.78 is 12.9. The van der Waals surface area contributed by atoms with Gasteiger partial charge < -0.3 is 29.5 Å². The second-order valence-corrected chi connectivity index (χ2v) is 14.3. The van der Waals surface area contributed by atoms with Crippen LogP contribution in [0.2, 0.25) is 0 Å². The maximum atomic E-state index is 14.0. The van der Waals surface area contributed by atoms with Gasteiger partial charge in [-0.3, -0.25) is 9.59 Å².